The van der Waals surface area contributed by atoms with Crippen molar-refractivity contribution in [2.45, 2.75) is 44.7 Å². The molecule has 3 aromatic rings. The highest BCUT2D eigenvalue weighted by atomic mass is 32.2. The number of anilines is 1. The molecule has 8 nitrogen and oxygen atoms in total. The molecule has 0 aliphatic rings. The molecule has 0 saturated carbocycles. The standard InChI is InChI=1S/C29H35N3O5S/c1-5-19-30-29(34)23(3)31(20-24-13-11-22(2)12-14-24)28(33)21-32(25-15-17-26(37-4)18-16-25)38(35,36)27-9-7-6-8-10-27/h6-18,23H,5,19-21H2,1-4H3,(H,30,34)/t23-/m0/s1. The van der Waals surface area contributed by atoms with Crippen molar-refractivity contribution in [2.24, 2.45) is 0 Å². The van der Waals surface area contributed by atoms with Crippen molar-refractivity contribution < 1.29 is 22.7 Å². The molecule has 2 amide bonds. The number of carbonyl (C=O) groups excluding carboxylic acids is 2. The Bertz CT molecular complexity index is 1310. The van der Waals surface area contributed by atoms with Crippen LogP contribution in [0.1, 0.15) is 31.4 Å². The van der Waals surface area contributed by atoms with Gasteiger partial charge in [0, 0.05) is 13.1 Å². The van der Waals surface area contributed by atoms with Crippen LogP contribution in [0.2, 0.25) is 0 Å². The van der Waals surface area contributed by atoms with Crippen LogP contribution in [0.25, 0.3) is 0 Å². The summed E-state index contributed by atoms with van der Waals surface area (Å²) in [5.74, 6) is -0.242. The van der Waals surface area contributed by atoms with E-state index in [9.17, 15) is 18.0 Å². The van der Waals surface area contributed by atoms with E-state index < -0.39 is 28.5 Å². The first-order valence-electron chi connectivity index (χ1n) is 12.5. The van der Waals surface area contributed by atoms with Gasteiger partial charge < -0.3 is 15.0 Å². The number of hydrogen-bond acceptors (Lipinski definition) is 5. The molecule has 0 fully saturated rings. The maximum absolute atomic E-state index is 13.8. The first kappa shape index (κ1) is 28.7. The molecule has 202 valence electrons. The SMILES string of the molecule is CCCNC(=O)[C@H](C)N(Cc1ccc(C)cc1)C(=O)CN(c1ccc(OC)cc1)S(=O)(=O)c1ccccc1. The van der Waals surface area contributed by atoms with Gasteiger partial charge >= 0.3 is 0 Å². The van der Waals surface area contributed by atoms with Gasteiger partial charge in [-0.2, -0.15) is 0 Å². The molecule has 0 bridgehead atoms. The zero-order valence-electron chi connectivity index (χ0n) is 22.3. The van der Waals surface area contributed by atoms with Crippen LogP contribution in [-0.2, 0) is 26.2 Å². The Morgan fingerprint density at radius 1 is 0.947 bits per heavy atom. The van der Waals surface area contributed by atoms with Crippen molar-refractivity contribution >= 4 is 27.5 Å². The number of rotatable bonds is 12. The normalized spacial score (nSPS) is 11.9. The van der Waals surface area contributed by atoms with E-state index in [2.05, 4.69) is 5.32 Å². The monoisotopic (exact) mass is 537 g/mol. The van der Waals surface area contributed by atoms with Crippen LogP contribution >= 0.6 is 0 Å². The largest absolute Gasteiger partial charge is 0.497 e. The molecule has 0 aliphatic heterocycles. The fourth-order valence-electron chi connectivity index (χ4n) is 3.87. The maximum Gasteiger partial charge on any atom is 0.264 e. The average molecular weight is 538 g/mol. The molecule has 3 aromatic carbocycles. The summed E-state index contributed by atoms with van der Waals surface area (Å²) in [6, 6.07) is 21.3. The Morgan fingerprint density at radius 2 is 1.58 bits per heavy atom. The first-order valence-corrected chi connectivity index (χ1v) is 14.0. The molecule has 1 atom stereocenters. The highest BCUT2D eigenvalue weighted by molar-refractivity contribution is 7.92. The zero-order valence-corrected chi connectivity index (χ0v) is 23.1. The molecule has 0 saturated heterocycles. The van der Waals surface area contributed by atoms with E-state index in [1.54, 1.807) is 49.4 Å². The van der Waals surface area contributed by atoms with Gasteiger partial charge in [-0.25, -0.2) is 8.42 Å². The minimum atomic E-state index is -4.10. The number of amides is 2. The van der Waals surface area contributed by atoms with Gasteiger partial charge in [-0.1, -0.05) is 55.0 Å². The number of methoxy groups -OCH3 is 1. The highest BCUT2D eigenvalue weighted by Gasteiger charge is 2.32. The van der Waals surface area contributed by atoms with Crippen LogP contribution in [0.4, 0.5) is 5.69 Å². The number of nitrogens with zero attached hydrogens (tertiary/aromatic N) is 2. The Kier molecular flexibility index (Phi) is 9.90. The fraction of sp³-hybridized carbons (Fsp3) is 0.310. The highest BCUT2D eigenvalue weighted by Crippen LogP contribution is 2.26. The molecule has 0 aromatic heterocycles. The van der Waals surface area contributed by atoms with Crippen molar-refractivity contribution in [2.75, 3.05) is 24.5 Å². The van der Waals surface area contributed by atoms with Gasteiger partial charge in [0.1, 0.15) is 18.3 Å². The van der Waals surface area contributed by atoms with Gasteiger partial charge in [0.25, 0.3) is 10.0 Å². The third kappa shape index (κ3) is 7.13. The van der Waals surface area contributed by atoms with Crippen molar-refractivity contribution in [1.82, 2.24) is 10.2 Å². The average Bonchev–Trinajstić information content (AvgIpc) is 2.94. The zero-order chi connectivity index (χ0) is 27.7. The lowest BCUT2D eigenvalue weighted by molar-refractivity contribution is -0.139. The topological polar surface area (TPSA) is 96.0 Å². The fourth-order valence-corrected chi connectivity index (χ4v) is 5.30. The molecule has 1 N–H and O–H groups in total. The van der Waals surface area contributed by atoms with Crippen LogP contribution in [0.15, 0.2) is 83.8 Å². The molecule has 0 aliphatic carbocycles. The molecule has 0 spiro atoms. The molecule has 9 heteroatoms. The number of hydrogen-bond donors (Lipinski definition) is 1. The number of ether oxygens (including phenoxy) is 1. The second-order valence-corrected chi connectivity index (χ2v) is 10.9. The third-order valence-electron chi connectivity index (χ3n) is 6.16. The van der Waals surface area contributed by atoms with Crippen molar-refractivity contribution in [3.8, 4) is 5.75 Å². The summed E-state index contributed by atoms with van der Waals surface area (Å²) in [4.78, 5) is 28.2. The predicted molar refractivity (Wildman–Crippen MR) is 148 cm³/mol. The van der Waals surface area contributed by atoms with Crippen LogP contribution < -0.4 is 14.4 Å². The van der Waals surface area contributed by atoms with E-state index in [-0.39, 0.29) is 17.3 Å². The summed E-state index contributed by atoms with van der Waals surface area (Å²) in [7, 11) is -2.58. The van der Waals surface area contributed by atoms with Gasteiger partial charge in [0.2, 0.25) is 11.8 Å². The molecule has 0 heterocycles. The van der Waals surface area contributed by atoms with Crippen LogP contribution in [0, 0.1) is 6.92 Å². The number of nitrogens with one attached hydrogen (secondary N) is 1. The minimum absolute atomic E-state index is 0.0578. The Balaban J connectivity index is 2.00. The van der Waals surface area contributed by atoms with Crippen molar-refractivity contribution in [3.63, 3.8) is 0 Å². The minimum Gasteiger partial charge on any atom is -0.497 e. The lowest BCUT2D eigenvalue weighted by Crippen LogP contribution is -2.51. The van der Waals surface area contributed by atoms with Crippen LogP contribution in [0.3, 0.4) is 0 Å². The van der Waals surface area contributed by atoms with Crippen molar-refractivity contribution in [1.29, 1.82) is 0 Å². The molecule has 3 rings (SSSR count). The summed E-state index contributed by atoms with van der Waals surface area (Å²) in [6.07, 6.45) is 0.755. The van der Waals surface area contributed by atoms with Crippen LogP contribution in [0.5, 0.6) is 5.75 Å². The molecular formula is C29H35N3O5S. The number of carbonyl (C=O) groups is 2. The number of sulfonamides is 1. The maximum atomic E-state index is 13.8. The number of benzene rings is 3. The van der Waals surface area contributed by atoms with E-state index in [4.69, 9.17) is 4.74 Å². The third-order valence-corrected chi connectivity index (χ3v) is 7.95. The van der Waals surface area contributed by atoms with E-state index in [1.165, 1.54) is 24.1 Å². The Labute approximate surface area is 225 Å². The first-order chi connectivity index (χ1) is 18.2. The summed E-state index contributed by atoms with van der Waals surface area (Å²) in [5, 5.41) is 2.84. The predicted octanol–water partition coefficient (Wildman–Crippen LogP) is 4.14. The lowest BCUT2D eigenvalue weighted by Gasteiger charge is -2.32. The Hall–Kier alpha value is -3.85. The van der Waals surface area contributed by atoms with Gasteiger partial charge in [0.15, 0.2) is 0 Å². The summed E-state index contributed by atoms with van der Waals surface area (Å²) in [5.41, 5.74) is 2.21. The molecule has 38 heavy (non-hydrogen) atoms. The van der Waals surface area contributed by atoms with E-state index in [0.717, 1.165) is 21.9 Å². The lowest BCUT2D eigenvalue weighted by atomic mass is 10.1. The second kappa shape index (κ2) is 13.1. The smallest absolute Gasteiger partial charge is 0.264 e. The van der Waals surface area contributed by atoms with Gasteiger partial charge in [0.05, 0.1) is 17.7 Å². The van der Waals surface area contributed by atoms with Crippen LogP contribution in [-0.4, -0.2) is 51.4 Å². The summed E-state index contributed by atoms with van der Waals surface area (Å²) < 4.78 is 33.7. The van der Waals surface area contributed by atoms with Gasteiger partial charge in [-0.3, -0.25) is 13.9 Å². The summed E-state index contributed by atoms with van der Waals surface area (Å²) >= 11 is 0. The van der Waals surface area contributed by atoms with Crippen molar-refractivity contribution in [3.05, 3.63) is 90.0 Å². The van der Waals surface area contributed by atoms with E-state index in [1.807, 2.05) is 38.1 Å². The second-order valence-electron chi connectivity index (χ2n) is 9.00. The number of aryl methyl sites for hydroxylation is 1. The Morgan fingerprint density at radius 3 is 2.16 bits per heavy atom. The molecule has 0 unspecified atom stereocenters. The molecular weight excluding hydrogens is 502 g/mol. The van der Waals surface area contributed by atoms with Gasteiger partial charge in [-0.15, -0.1) is 0 Å². The van der Waals surface area contributed by atoms with Gasteiger partial charge in [-0.05, 0) is 62.2 Å². The quantitative estimate of drug-likeness (QED) is 0.375. The molecule has 0 radical (unpaired) electrons. The van der Waals surface area contributed by atoms with E-state index in [0.29, 0.717) is 18.0 Å². The summed E-state index contributed by atoms with van der Waals surface area (Å²) in [6.45, 7) is 5.72. The van der Waals surface area contributed by atoms with E-state index >= 15 is 0 Å².